The summed E-state index contributed by atoms with van der Waals surface area (Å²) in [4.78, 5) is 4.92. The van der Waals surface area contributed by atoms with Crippen molar-refractivity contribution in [1.29, 1.82) is 0 Å². The van der Waals surface area contributed by atoms with Gasteiger partial charge in [0, 0.05) is 23.4 Å². The third-order valence-electron chi connectivity index (χ3n) is 8.14. The molecule has 5 aliphatic carbocycles. The van der Waals surface area contributed by atoms with E-state index >= 15 is 0 Å². The van der Waals surface area contributed by atoms with Gasteiger partial charge in [-0.2, -0.15) is 0 Å². The van der Waals surface area contributed by atoms with E-state index in [1.54, 1.807) is 0 Å². The Labute approximate surface area is 198 Å². The van der Waals surface area contributed by atoms with Crippen LogP contribution in [-0.4, -0.2) is 17.4 Å². The molecule has 2 nitrogen and oxygen atoms in total. The molecule has 5 aliphatic rings. The van der Waals surface area contributed by atoms with Gasteiger partial charge in [-0.1, -0.05) is 31.7 Å². The summed E-state index contributed by atoms with van der Waals surface area (Å²) < 4.78 is 0. The van der Waals surface area contributed by atoms with E-state index in [1.165, 1.54) is 88.2 Å². The number of aromatic hydroxyl groups is 1. The van der Waals surface area contributed by atoms with Gasteiger partial charge in [-0.15, -0.1) is 0 Å². The van der Waals surface area contributed by atoms with E-state index in [0.29, 0.717) is 11.8 Å². The molecule has 5 saturated carbocycles. The third kappa shape index (κ3) is 5.14. The van der Waals surface area contributed by atoms with Gasteiger partial charge in [-0.3, -0.25) is 4.99 Å². The molecule has 6 rings (SSSR count). The van der Waals surface area contributed by atoms with Gasteiger partial charge < -0.3 is 5.11 Å². The average Bonchev–Trinajstić information content (AvgIpc) is 2.97. The predicted octanol–water partition coefficient (Wildman–Crippen LogP) is 7.69. The Morgan fingerprint density at radius 3 is 2.03 bits per heavy atom. The molecule has 1 aromatic rings. The van der Waals surface area contributed by atoms with Crippen molar-refractivity contribution in [1.82, 2.24) is 0 Å². The van der Waals surface area contributed by atoms with Crippen molar-refractivity contribution in [2.75, 3.05) is 0 Å². The first-order valence-electron chi connectivity index (χ1n) is 11.9. The molecule has 0 atom stereocenters. The number of hydrogen-bond donors (Lipinski definition) is 1. The molecule has 4 bridgehead atoms. The van der Waals surface area contributed by atoms with Crippen molar-refractivity contribution in [3.63, 3.8) is 0 Å². The number of halogens is 2. The van der Waals surface area contributed by atoms with Crippen molar-refractivity contribution >= 4 is 24.8 Å². The fourth-order valence-electron chi connectivity index (χ4n) is 7.34. The van der Waals surface area contributed by atoms with Gasteiger partial charge in [-0.25, -0.2) is 0 Å². The van der Waals surface area contributed by atoms with E-state index in [9.17, 15) is 5.11 Å². The second-order valence-electron chi connectivity index (χ2n) is 10.4. The van der Waals surface area contributed by atoms with Crippen molar-refractivity contribution in [3.8, 4) is 5.75 Å². The van der Waals surface area contributed by atoms with Gasteiger partial charge in [0.15, 0.2) is 0 Å². The summed E-state index contributed by atoms with van der Waals surface area (Å²) in [5.74, 6) is 3.25. The second-order valence-corrected chi connectivity index (χ2v) is 13.0. The molecule has 0 unspecified atom stereocenters. The standard InChI is InChI=1S/C25H35NO.2ClH.Ti/c1-17-8-21(16-26-22-6-4-2-3-5-7-22)24(27)23(9-17)25-13-18-10-19(14-25)12-20(11-18)15-25;;;/h8-9,16,18-20,22,27H,2-7,10-15H2,1H3;2*1H;/q;;;+2/p-2. The first-order valence-corrected chi connectivity index (χ1v) is 16.2. The zero-order valence-electron chi connectivity index (χ0n) is 18.2. The Hall–Kier alpha value is -0.0157. The van der Waals surface area contributed by atoms with Gasteiger partial charge in [0.2, 0.25) is 0 Å². The minimum absolute atomic E-state index is 0.246. The number of hydrogen-bond acceptors (Lipinski definition) is 2. The van der Waals surface area contributed by atoms with Crippen LogP contribution in [0.4, 0.5) is 0 Å². The number of phenolic OH excluding ortho intramolecular Hbond substituents is 1. The van der Waals surface area contributed by atoms with Crippen LogP contribution in [0.1, 0.15) is 93.7 Å². The van der Waals surface area contributed by atoms with Gasteiger partial charge in [0.25, 0.3) is 0 Å². The van der Waals surface area contributed by atoms with Crippen LogP contribution >= 0.6 is 18.6 Å². The normalized spacial score (nSPS) is 33.2. The van der Waals surface area contributed by atoms with Crippen LogP contribution in [0.2, 0.25) is 0 Å². The Bertz CT molecular complexity index is 722. The molecule has 0 saturated heterocycles. The van der Waals surface area contributed by atoms with Crippen LogP contribution in [-0.2, 0) is 22.4 Å². The summed E-state index contributed by atoms with van der Waals surface area (Å²) in [7, 11) is 9.78. The summed E-state index contributed by atoms with van der Waals surface area (Å²) in [6.07, 6.45) is 18.0. The molecule has 0 aliphatic heterocycles. The topological polar surface area (TPSA) is 32.6 Å². The fourth-order valence-corrected chi connectivity index (χ4v) is 7.34. The molecule has 1 aromatic carbocycles. The molecule has 30 heavy (non-hydrogen) atoms. The number of nitrogens with zero attached hydrogens (tertiary/aromatic N) is 1. The van der Waals surface area contributed by atoms with E-state index in [4.69, 9.17) is 23.6 Å². The maximum absolute atomic E-state index is 11.3. The molecule has 0 heterocycles. The molecule has 164 valence electrons. The van der Waals surface area contributed by atoms with Crippen LogP contribution in [0.3, 0.4) is 0 Å². The van der Waals surface area contributed by atoms with E-state index in [2.05, 4.69) is 19.1 Å². The van der Waals surface area contributed by atoms with Crippen molar-refractivity contribution < 1.29 is 22.1 Å². The summed E-state index contributed by atoms with van der Waals surface area (Å²) in [6.45, 7) is 2.19. The summed E-state index contributed by atoms with van der Waals surface area (Å²) in [5.41, 5.74) is 3.74. The summed E-state index contributed by atoms with van der Waals surface area (Å²) in [5, 5.41) is 11.3. The monoisotopic (exact) mass is 483 g/mol. The summed E-state index contributed by atoms with van der Waals surface area (Å²) in [6, 6.07) is 4.89. The zero-order valence-corrected chi connectivity index (χ0v) is 21.3. The first-order chi connectivity index (χ1) is 14.5. The van der Waals surface area contributed by atoms with Crippen LogP contribution in [0.5, 0.6) is 5.75 Å². The molecular weight excluding hydrogens is 449 g/mol. The van der Waals surface area contributed by atoms with Gasteiger partial charge in [0.1, 0.15) is 5.75 Å². The Kier molecular flexibility index (Phi) is 7.94. The Morgan fingerprint density at radius 2 is 1.50 bits per heavy atom. The van der Waals surface area contributed by atoms with Gasteiger partial charge in [0.05, 0.1) is 0 Å². The van der Waals surface area contributed by atoms with Gasteiger partial charge in [-0.05, 0) is 93.1 Å². The quantitative estimate of drug-likeness (QED) is 0.266. The minimum atomic E-state index is -0.556. The van der Waals surface area contributed by atoms with Crippen LogP contribution in [0.15, 0.2) is 17.1 Å². The zero-order chi connectivity index (χ0) is 21.1. The molecule has 0 spiro atoms. The molecule has 5 heteroatoms. The number of aryl methyl sites for hydroxylation is 1. The third-order valence-corrected chi connectivity index (χ3v) is 8.14. The van der Waals surface area contributed by atoms with E-state index in [1.807, 2.05) is 6.21 Å². The van der Waals surface area contributed by atoms with Crippen molar-refractivity contribution in [2.45, 2.75) is 95.4 Å². The molecule has 5 fully saturated rings. The van der Waals surface area contributed by atoms with Crippen LogP contribution in [0, 0.1) is 24.7 Å². The first kappa shape index (κ1) is 23.2. The molecule has 1 N–H and O–H groups in total. The van der Waals surface area contributed by atoms with Crippen LogP contribution < -0.4 is 0 Å². The molecule has 0 aromatic heterocycles. The number of benzene rings is 1. The van der Waals surface area contributed by atoms with E-state index < -0.39 is 17.0 Å². The van der Waals surface area contributed by atoms with Gasteiger partial charge >= 0.3 is 35.6 Å². The van der Waals surface area contributed by atoms with Crippen molar-refractivity contribution in [3.05, 3.63) is 28.8 Å². The van der Waals surface area contributed by atoms with E-state index in [0.717, 1.165) is 23.3 Å². The van der Waals surface area contributed by atoms with Crippen LogP contribution in [0.25, 0.3) is 0 Å². The fraction of sp³-hybridized carbons (Fsp3) is 0.720. The van der Waals surface area contributed by atoms with Crippen molar-refractivity contribution in [2.24, 2.45) is 22.7 Å². The van der Waals surface area contributed by atoms with E-state index in [-0.39, 0.29) is 5.41 Å². The number of phenols is 1. The molecule has 0 radical (unpaired) electrons. The maximum atomic E-state index is 11.3. The molecular formula is C25H35Cl2NOTi. The molecule has 0 amide bonds. The Balaban J connectivity index is 0.000000687. The predicted molar refractivity (Wildman–Crippen MR) is 123 cm³/mol. The number of aliphatic imine (C=N–C) groups is 1. The number of rotatable bonds is 3. The second kappa shape index (κ2) is 10.3. The SMILES string of the molecule is Cc1cc(C=NC2CCCCCC2)c(O)c(C23CC4CC(CC(C4)C2)C3)c1.[Cl][Ti][Cl]. The average molecular weight is 484 g/mol. The Morgan fingerprint density at radius 1 is 0.967 bits per heavy atom. The summed E-state index contributed by atoms with van der Waals surface area (Å²) >= 11 is -0.556.